The minimum absolute atomic E-state index is 0.167. The van der Waals surface area contributed by atoms with Gasteiger partial charge in [-0.25, -0.2) is 0 Å². The molecule has 2 aromatic heterocycles. The first kappa shape index (κ1) is 20.1. The Balaban J connectivity index is 1.34. The van der Waals surface area contributed by atoms with Gasteiger partial charge in [-0.3, -0.25) is 9.48 Å². The maximum atomic E-state index is 12.4. The first-order chi connectivity index (χ1) is 14.6. The van der Waals surface area contributed by atoms with Crippen LogP contribution in [0.5, 0.6) is 5.75 Å². The van der Waals surface area contributed by atoms with Crippen LogP contribution >= 0.6 is 23.2 Å². The molecule has 4 aromatic rings. The van der Waals surface area contributed by atoms with E-state index >= 15 is 0 Å². The summed E-state index contributed by atoms with van der Waals surface area (Å²) in [6.07, 6.45) is 1.77. The maximum Gasteiger partial charge on any atom is 0.292 e. The predicted molar refractivity (Wildman–Crippen MR) is 115 cm³/mol. The summed E-state index contributed by atoms with van der Waals surface area (Å²) in [4.78, 5) is 12.4. The van der Waals surface area contributed by atoms with Crippen molar-refractivity contribution in [2.45, 2.75) is 13.2 Å². The number of carbonyl (C=O) groups is 1. The Kier molecular flexibility index (Phi) is 6.07. The Morgan fingerprint density at radius 2 is 1.93 bits per heavy atom. The second-order valence-corrected chi connectivity index (χ2v) is 7.30. The number of ether oxygens (including phenoxy) is 1. The number of aromatic nitrogens is 2. The zero-order valence-electron chi connectivity index (χ0n) is 15.7. The van der Waals surface area contributed by atoms with Gasteiger partial charge in [0.05, 0.1) is 6.54 Å². The zero-order valence-corrected chi connectivity index (χ0v) is 17.2. The third-order valence-corrected chi connectivity index (χ3v) is 4.84. The van der Waals surface area contributed by atoms with Crippen molar-refractivity contribution < 1.29 is 13.9 Å². The van der Waals surface area contributed by atoms with E-state index in [9.17, 15) is 4.79 Å². The molecule has 0 unspecified atom stereocenters. The highest BCUT2D eigenvalue weighted by Gasteiger charge is 2.13. The van der Waals surface area contributed by atoms with Crippen LogP contribution in [-0.4, -0.2) is 15.7 Å². The normalized spacial score (nSPS) is 10.7. The van der Waals surface area contributed by atoms with Crippen molar-refractivity contribution in [3.8, 4) is 5.75 Å². The number of nitrogens with zero attached hydrogens (tertiary/aromatic N) is 2. The first-order valence-electron chi connectivity index (χ1n) is 9.12. The zero-order chi connectivity index (χ0) is 20.9. The number of amides is 1. The van der Waals surface area contributed by atoms with Gasteiger partial charge in [-0.1, -0.05) is 47.5 Å². The maximum absolute atomic E-state index is 12.4. The largest absolute Gasteiger partial charge is 0.486 e. The van der Waals surface area contributed by atoms with Crippen LogP contribution in [0.3, 0.4) is 0 Å². The lowest BCUT2D eigenvalue weighted by Crippen LogP contribution is -2.12. The molecule has 0 spiro atoms. The van der Waals surface area contributed by atoms with Crippen molar-refractivity contribution in [3.05, 3.63) is 100 Å². The molecule has 0 bridgehead atoms. The summed E-state index contributed by atoms with van der Waals surface area (Å²) in [5.41, 5.74) is 0.940. The average molecular weight is 442 g/mol. The molecule has 0 fully saturated rings. The van der Waals surface area contributed by atoms with Gasteiger partial charge in [-0.05, 0) is 42.0 Å². The highest BCUT2D eigenvalue weighted by molar-refractivity contribution is 6.31. The van der Waals surface area contributed by atoms with Crippen LogP contribution in [0.4, 0.5) is 5.82 Å². The van der Waals surface area contributed by atoms with E-state index in [1.807, 2.05) is 24.3 Å². The summed E-state index contributed by atoms with van der Waals surface area (Å²) < 4.78 is 12.9. The van der Waals surface area contributed by atoms with Crippen LogP contribution in [0.1, 0.15) is 21.9 Å². The van der Waals surface area contributed by atoms with E-state index in [0.717, 1.165) is 5.56 Å². The van der Waals surface area contributed by atoms with E-state index in [0.29, 0.717) is 33.9 Å². The molecule has 6 nitrogen and oxygen atoms in total. The van der Waals surface area contributed by atoms with E-state index in [1.165, 1.54) is 0 Å². The van der Waals surface area contributed by atoms with Gasteiger partial charge in [0.15, 0.2) is 11.6 Å². The van der Waals surface area contributed by atoms with Crippen molar-refractivity contribution >= 4 is 34.9 Å². The predicted octanol–water partition coefficient (Wildman–Crippen LogP) is 5.66. The molecule has 0 saturated carbocycles. The number of hydrogen-bond acceptors (Lipinski definition) is 4. The number of benzene rings is 2. The van der Waals surface area contributed by atoms with Gasteiger partial charge in [-0.15, -0.1) is 0 Å². The molecule has 1 N–H and O–H groups in total. The Hall–Kier alpha value is -3.22. The summed E-state index contributed by atoms with van der Waals surface area (Å²) in [5, 5.41) is 8.32. The number of furan rings is 1. The molecule has 0 aliphatic rings. The number of rotatable bonds is 7. The Morgan fingerprint density at radius 1 is 1.07 bits per heavy atom. The quantitative estimate of drug-likeness (QED) is 0.401. The van der Waals surface area contributed by atoms with Gasteiger partial charge >= 0.3 is 0 Å². The number of halogens is 2. The van der Waals surface area contributed by atoms with E-state index < -0.39 is 5.91 Å². The Morgan fingerprint density at radius 3 is 2.77 bits per heavy atom. The number of anilines is 1. The van der Waals surface area contributed by atoms with Crippen molar-refractivity contribution in [3.63, 3.8) is 0 Å². The lowest BCUT2D eigenvalue weighted by atomic mass is 10.2. The second kappa shape index (κ2) is 9.07. The lowest BCUT2D eigenvalue weighted by Gasteiger charge is -2.04. The van der Waals surface area contributed by atoms with Gasteiger partial charge in [0.2, 0.25) is 0 Å². The third-order valence-electron chi connectivity index (χ3n) is 4.24. The molecule has 0 aliphatic heterocycles. The minimum Gasteiger partial charge on any atom is -0.486 e. The van der Waals surface area contributed by atoms with Gasteiger partial charge in [0.1, 0.15) is 18.1 Å². The van der Waals surface area contributed by atoms with Crippen molar-refractivity contribution in [2.24, 2.45) is 0 Å². The molecule has 30 heavy (non-hydrogen) atoms. The fraction of sp³-hybridized carbons (Fsp3) is 0.0909. The van der Waals surface area contributed by atoms with Crippen LogP contribution in [0.2, 0.25) is 10.0 Å². The van der Waals surface area contributed by atoms with Crippen LogP contribution in [0, 0.1) is 0 Å². The average Bonchev–Trinajstić information content (AvgIpc) is 3.38. The van der Waals surface area contributed by atoms with E-state index in [2.05, 4.69) is 10.4 Å². The van der Waals surface area contributed by atoms with Gasteiger partial charge in [0, 0.05) is 22.3 Å². The van der Waals surface area contributed by atoms with E-state index in [-0.39, 0.29) is 12.4 Å². The Bertz CT molecular complexity index is 1170. The second-order valence-electron chi connectivity index (χ2n) is 6.46. The van der Waals surface area contributed by atoms with Crippen LogP contribution in [0.15, 0.2) is 77.3 Å². The topological polar surface area (TPSA) is 69.3 Å². The van der Waals surface area contributed by atoms with E-state index in [1.54, 1.807) is 53.3 Å². The van der Waals surface area contributed by atoms with Crippen molar-refractivity contribution in [1.29, 1.82) is 0 Å². The monoisotopic (exact) mass is 441 g/mol. The highest BCUT2D eigenvalue weighted by atomic mass is 35.5. The molecule has 4 rings (SSSR count). The fourth-order valence-corrected chi connectivity index (χ4v) is 3.16. The van der Waals surface area contributed by atoms with E-state index in [4.69, 9.17) is 32.4 Å². The molecule has 0 atom stereocenters. The molecular formula is C22H17Cl2N3O3. The van der Waals surface area contributed by atoms with Gasteiger partial charge in [0.25, 0.3) is 5.91 Å². The molecule has 1 amide bonds. The molecular weight excluding hydrogens is 425 g/mol. The number of nitrogens with one attached hydrogen (secondary N) is 1. The fourth-order valence-electron chi connectivity index (χ4n) is 2.78. The van der Waals surface area contributed by atoms with Crippen molar-refractivity contribution in [1.82, 2.24) is 9.78 Å². The molecule has 8 heteroatoms. The smallest absolute Gasteiger partial charge is 0.292 e. The molecule has 152 valence electrons. The third kappa shape index (κ3) is 5.03. The SMILES string of the molecule is O=C(Nc1ccn(Cc2ccccc2Cl)n1)c1ccc(COc2cccc(Cl)c2)o1. The molecule has 2 aromatic carbocycles. The summed E-state index contributed by atoms with van der Waals surface area (Å²) in [7, 11) is 0. The van der Waals surface area contributed by atoms with Crippen LogP contribution in [0.25, 0.3) is 0 Å². The van der Waals surface area contributed by atoms with Gasteiger partial charge in [-0.2, -0.15) is 5.10 Å². The number of hydrogen-bond donors (Lipinski definition) is 1. The van der Waals surface area contributed by atoms with Gasteiger partial charge < -0.3 is 14.5 Å². The van der Waals surface area contributed by atoms with Crippen LogP contribution in [-0.2, 0) is 13.2 Å². The standard InChI is InChI=1S/C22H17Cl2N3O3/c23-16-5-3-6-17(12-16)29-14-18-8-9-20(30-18)22(28)25-21-10-11-27(26-21)13-15-4-1-2-7-19(15)24/h1-12H,13-14H2,(H,25,26,28). The highest BCUT2D eigenvalue weighted by Crippen LogP contribution is 2.20. The molecule has 0 aliphatic carbocycles. The molecule has 0 saturated heterocycles. The van der Waals surface area contributed by atoms with Crippen LogP contribution < -0.4 is 10.1 Å². The molecule has 2 heterocycles. The minimum atomic E-state index is -0.396. The Labute approximate surface area is 183 Å². The summed E-state index contributed by atoms with van der Waals surface area (Å²) in [6, 6.07) is 19.6. The lowest BCUT2D eigenvalue weighted by molar-refractivity contribution is 0.0992. The first-order valence-corrected chi connectivity index (χ1v) is 9.88. The molecule has 0 radical (unpaired) electrons. The van der Waals surface area contributed by atoms with Crippen molar-refractivity contribution in [2.75, 3.05) is 5.32 Å². The summed E-state index contributed by atoms with van der Waals surface area (Å²) in [6.45, 7) is 0.682. The summed E-state index contributed by atoms with van der Waals surface area (Å²) >= 11 is 12.1. The summed E-state index contributed by atoms with van der Waals surface area (Å²) in [5.74, 6) is 1.32. The number of carbonyl (C=O) groups excluding carboxylic acids is 1.